The van der Waals surface area contributed by atoms with Gasteiger partial charge < -0.3 is 0 Å². The highest BCUT2D eigenvalue weighted by Crippen LogP contribution is 2.44. The van der Waals surface area contributed by atoms with Crippen molar-refractivity contribution < 1.29 is 9.85 Å². The van der Waals surface area contributed by atoms with Crippen LogP contribution in [0.1, 0.15) is 0 Å². The van der Waals surface area contributed by atoms with Crippen molar-refractivity contribution in [1.29, 1.82) is 0 Å². The van der Waals surface area contributed by atoms with Crippen LogP contribution in [0.15, 0.2) is 45.5 Å². The number of hydrogen-bond acceptors (Lipinski definition) is 6. The fourth-order valence-corrected chi connectivity index (χ4v) is 3.37. The lowest BCUT2D eigenvalue weighted by Crippen LogP contribution is -1.86. The Bertz CT molecular complexity index is 597. The molecule has 1 heterocycles. The van der Waals surface area contributed by atoms with Gasteiger partial charge in [-0.2, -0.15) is 0 Å². The van der Waals surface area contributed by atoms with Crippen LogP contribution in [0.4, 0.5) is 10.7 Å². The normalized spacial score (nSPS) is 10.2. The molecule has 0 aliphatic carbocycles. The maximum atomic E-state index is 10.8. The molecule has 0 radical (unpaired) electrons. The fraction of sp³-hybridized carbons (Fsp3) is 0. The smallest absolute Gasteiger partial charge is 0.258 e. The van der Waals surface area contributed by atoms with Gasteiger partial charge in [0.05, 0.1) is 9.85 Å². The second kappa shape index (κ2) is 5.15. The van der Waals surface area contributed by atoms with Crippen LogP contribution in [0.25, 0.3) is 0 Å². The third-order valence-corrected chi connectivity index (χ3v) is 4.27. The second-order valence-corrected chi connectivity index (χ2v) is 5.56. The first-order valence-corrected chi connectivity index (χ1v) is 6.37. The van der Waals surface area contributed by atoms with Crippen LogP contribution in [0.3, 0.4) is 0 Å². The quantitative estimate of drug-likeness (QED) is 0.630. The number of nitrogens with zero attached hydrogens (tertiary/aromatic N) is 2. The summed E-state index contributed by atoms with van der Waals surface area (Å²) in [6, 6.07) is 10.0. The van der Waals surface area contributed by atoms with Gasteiger partial charge in [-0.05, 0) is 23.5 Å². The molecule has 18 heavy (non-hydrogen) atoms. The van der Waals surface area contributed by atoms with E-state index < -0.39 is 9.85 Å². The van der Waals surface area contributed by atoms with E-state index in [0.29, 0.717) is 4.21 Å². The van der Waals surface area contributed by atoms with Gasteiger partial charge in [0.1, 0.15) is 10.3 Å². The van der Waals surface area contributed by atoms with Crippen molar-refractivity contribution in [2.24, 2.45) is 0 Å². The Balaban J connectivity index is 2.37. The lowest BCUT2D eigenvalue weighted by atomic mass is 10.4. The van der Waals surface area contributed by atoms with E-state index >= 15 is 0 Å². The van der Waals surface area contributed by atoms with Crippen LogP contribution in [-0.4, -0.2) is 9.85 Å². The highest BCUT2D eigenvalue weighted by molar-refractivity contribution is 8.01. The molecule has 8 heteroatoms. The van der Waals surface area contributed by atoms with Gasteiger partial charge in [0, 0.05) is 4.90 Å². The predicted molar refractivity (Wildman–Crippen MR) is 68.2 cm³/mol. The molecule has 0 fully saturated rings. The van der Waals surface area contributed by atoms with Gasteiger partial charge in [-0.25, -0.2) is 0 Å². The number of rotatable bonds is 4. The Kier molecular flexibility index (Phi) is 3.58. The molecule has 1 aromatic heterocycles. The van der Waals surface area contributed by atoms with E-state index in [1.807, 2.05) is 6.07 Å². The molecule has 2 rings (SSSR count). The van der Waals surface area contributed by atoms with Crippen molar-refractivity contribution in [3.8, 4) is 0 Å². The molecule has 0 amide bonds. The number of thiophene rings is 1. The maximum absolute atomic E-state index is 10.8. The zero-order valence-electron chi connectivity index (χ0n) is 8.81. The zero-order valence-corrected chi connectivity index (χ0v) is 10.4. The lowest BCUT2D eigenvalue weighted by Gasteiger charge is -1.96. The number of hydrogen-bond donors (Lipinski definition) is 0. The molecule has 6 nitrogen and oxygen atoms in total. The van der Waals surface area contributed by atoms with Crippen LogP contribution in [0, 0.1) is 20.2 Å². The van der Waals surface area contributed by atoms with Gasteiger partial charge in [-0.15, -0.1) is 0 Å². The molecule has 1 aromatic carbocycles. The molecule has 0 saturated heterocycles. The van der Waals surface area contributed by atoms with Crippen LogP contribution in [-0.2, 0) is 0 Å². The van der Waals surface area contributed by atoms with E-state index in [1.165, 1.54) is 0 Å². The summed E-state index contributed by atoms with van der Waals surface area (Å²) in [6.07, 6.45) is 0. The third kappa shape index (κ3) is 2.66. The Morgan fingerprint density at radius 1 is 1.06 bits per heavy atom. The van der Waals surface area contributed by atoms with E-state index in [2.05, 4.69) is 0 Å². The predicted octanol–water partition coefficient (Wildman–Crippen LogP) is 3.72. The highest BCUT2D eigenvalue weighted by atomic mass is 32.2. The molecule has 2 aromatic rings. The number of benzene rings is 1. The molecular weight excluding hydrogens is 276 g/mol. The molecular formula is C10H6N2O4S2. The van der Waals surface area contributed by atoms with Crippen molar-refractivity contribution in [3.05, 3.63) is 56.6 Å². The maximum Gasteiger partial charge on any atom is 0.332 e. The summed E-state index contributed by atoms with van der Waals surface area (Å²) in [4.78, 5) is 21.0. The standard InChI is InChI=1S/C10H6N2O4S2/c13-11(14)8-6-9(12(15)16)18-10(8)17-7-4-2-1-3-5-7/h1-6H. The molecule has 0 unspecified atom stereocenters. The van der Waals surface area contributed by atoms with Gasteiger partial charge in [0.25, 0.3) is 0 Å². The van der Waals surface area contributed by atoms with E-state index in [4.69, 9.17) is 0 Å². The van der Waals surface area contributed by atoms with Crippen LogP contribution < -0.4 is 0 Å². The van der Waals surface area contributed by atoms with Crippen LogP contribution in [0.2, 0.25) is 0 Å². The first kappa shape index (κ1) is 12.5. The van der Waals surface area contributed by atoms with Crippen molar-refractivity contribution in [3.63, 3.8) is 0 Å². The monoisotopic (exact) mass is 282 g/mol. The minimum Gasteiger partial charge on any atom is -0.258 e. The molecule has 0 aliphatic rings. The second-order valence-electron chi connectivity index (χ2n) is 3.19. The largest absolute Gasteiger partial charge is 0.332 e. The van der Waals surface area contributed by atoms with Gasteiger partial charge in [0.2, 0.25) is 0 Å². The van der Waals surface area contributed by atoms with Crippen molar-refractivity contribution >= 4 is 33.8 Å². The lowest BCUT2D eigenvalue weighted by molar-refractivity contribution is -0.391. The summed E-state index contributed by atoms with van der Waals surface area (Å²) in [5.41, 5.74) is -0.222. The molecule has 0 aliphatic heterocycles. The Hall–Kier alpha value is -1.93. The van der Waals surface area contributed by atoms with E-state index in [0.717, 1.165) is 34.1 Å². The minimum absolute atomic E-state index is 0.222. The summed E-state index contributed by atoms with van der Waals surface area (Å²) in [7, 11) is 0. The molecule has 92 valence electrons. The third-order valence-electron chi connectivity index (χ3n) is 2.00. The van der Waals surface area contributed by atoms with Crippen LogP contribution >= 0.6 is 23.1 Å². The Morgan fingerprint density at radius 2 is 1.72 bits per heavy atom. The molecule has 0 spiro atoms. The fourth-order valence-electron chi connectivity index (χ4n) is 1.24. The Morgan fingerprint density at radius 3 is 2.28 bits per heavy atom. The van der Waals surface area contributed by atoms with Gasteiger partial charge in [-0.1, -0.05) is 30.0 Å². The van der Waals surface area contributed by atoms with Crippen molar-refractivity contribution in [2.45, 2.75) is 9.10 Å². The summed E-state index contributed by atoms with van der Waals surface area (Å²) in [6.45, 7) is 0. The SMILES string of the molecule is O=[N+]([O-])c1cc([N+](=O)[O-])c(Sc2ccccc2)s1. The van der Waals surface area contributed by atoms with Crippen molar-refractivity contribution in [2.75, 3.05) is 0 Å². The van der Waals surface area contributed by atoms with Crippen LogP contribution in [0.5, 0.6) is 0 Å². The van der Waals surface area contributed by atoms with E-state index in [-0.39, 0.29) is 10.7 Å². The zero-order chi connectivity index (χ0) is 13.1. The van der Waals surface area contributed by atoms with Crippen molar-refractivity contribution in [1.82, 2.24) is 0 Å². The molecule has 0 N–H and O–H groups in total. The molecule has 0 saturated carbocycles. The van der Waals surface area contributed by atoms with Gasteiger partial charge in [-0.3, -0.25) is 20.2 Å². The van der Waals surface area contributed by atoms with E-state index in [1.54, 1.807) is 24.3 Å². The minimum atomic E-state index is -0.618. The first-order chi connectivity index (χ1) is 8.58. The summed E-state index contributed by atoms with van der Waals surface area (Å²) >= 11 is 1.97. The first-order valence-electron chi connectivity index (χ1n) is 4.73. The van der Waals surface area contributed by atoms with Gasteiger partial charge >= 0.3 is 10.7 Å². The van der Waals surface area contributed by atoms with E-state index in [9.17, 15) is 20.2 Å². The summed E-state index contributed by atoms with van der Waals surface area (Å²) < 4.78 is 0.318. The summed E-state index contributed by atoms with van der Waals surface area (Å²) in [5.74, 6) is 0. The number of nitro groups is 2. The highest BCUT2D eigenvalue weighted by Gasteiger charge is 2.25. The average molecular weight is 282 g/mol. The Labute approximate surface area is 110 Å². The molecule has 0 bridgehead atoms. The topological polar surface area (TPSA) is 86.3 Å². The van der Waals surface area contributed by atoms with Gasteiger partial charge in [0.15, 0.2) is 0 Å². The average Bonchev–Trinajstić information content (AvgIpc) is 2.74. The molecule has 0 atom stereocenters. The summed E-state index contributed by atoms with van der Waals surface area (Å²) in [5, 5.41) is 21.2.